The molecule has 0 aliphatic carbocycles. The van der Waals surface area contributed by atoms with Crippen molar-refractivity contribution in [1.29, 1.82) is 0 Å². The molecule has 4 nitrogen and oxygen atoms in total. The second-order valence-electron chi connectivity index (χ2n) is 5.15. The molecule has 0 N–H and O–H groups in total. The number of hydrogen-bond donors (Lipinski definition) is 0. The number of ketones is 1. The monoisotopic (exact) mass is 280 g/mol. The summed E-state index contributed by atoms with van der Waals surface area (Å²) >= 11 is 0. The summed E-state index contributed by atoms with van der Waals surface area (Å²) in [4.78, 5) is 30.2. The maximum Gasteiger partial charge on any atom is 0.223 e. The van der Waals surface area contributed by atoms with Gasteiger partial charge in [0.15, 0.2) is 5.78 Å². The smallest absolute Gasteiger partial charge is 0.223 e. The molecule has 0 radical (unpaired) electrons. The van der Waals surface area contributed by atoms with Crippen LogP contribution in [0.2, 0.25) is 0 Å². The third kappa shape index (κ3) is 2.99. The van der Waals surface area contributed by atoms with E-state index in [1.54, 1.807) is 23.2 Å². The van der Waals surface area contributed by atoms with Crippen LogP contribution in [0.15, 0.2) is 48.7 Å². The zero-order valence-corrected chi connectivity index (χ0v) is 11.7. The molecule has 0 atom stereocenters. The molecule has 0 unspecified atom stereocenters. The van der Waals surface area contributed by atoms with Crippen LogP contribution in [0.25, 0.3) is 0 Å². The predicted octanol–water partition coefficient (Wildman–Crippen LogP) is 2.59. The van der Waals surface area contributed by atoms with E-state index in [0.29, 0.717) is 18.7 Å². The Morgan fingerprint density at radius 3 is 2.57 bits per heavy atom. The number of pyridine rings is 1. The summed E-state index contributed by atoms with van der Waals surface area (Å²) < 4.78 is 0. The first-order chi connectivity index (χ1) is 10.2. The molecule has 3 rings (SSSR count). The van der Waals surface area contributed by atoms with Gasteiger partial charge in [0.1, 0.15) is 0 Å². The molecule has 1 aromatic carbocycles. The van der Waals surface area contributed by atoms with E-state index in [9.17, 15) is 9.59 Å². The summed E-state index contributed by atoms with van der Waals surface area (Å²) in [6, 6.07) is 13.0. The van der Waals surface area contributed by atoms with E-state index in [4.69, 9.17) is 0 Å². The number of Topliss-reactive ketones (excluding diaryl/α,β-unsaturated/α-hetero) is 1. The molecule has 0 spiro atoms. The quantitative estimate of drug-likeness (QED) is 0.809. The van der Waals surface area contributed by atoms with Crippen molar-refractivity contribution < 1.29 is 9.59 Å². The first-order valence-corrected chi connectivity index (χ1v) is 7.03. The van der Waals surface area contributed by atoms with Gasteiger partial charge in [0, 0.05) is 31.1 Å². The van der Waals surface area contributed by atoms with Crippen molar-refractivity contribution in [3.8, 4) is 0 Å². The second kappa shape index (κ2) is 5.87. The van der Waals surface area contributed by atoms with Gasteiger partial charge in [0.05, 0.1) is 12.2 Å². The molecule has 1 aliphatic heterocycles. The maximum absolute atomic E-state index is 12.2. The van der Waals surface area contributed by atoms with Gasteiger partial charge in [0.25, 0.3) is 0 Å². The molecule has 2 aromatic rings. The molecular weight excluding hydrogens is 264 g/mol. The Morgan fingerprint density at radius 1 is 1.00 bits per heavy atom. The molecule has 1 aliphatic rings. The Balaban J connectivity index is 1.55. The van der Waals surface area contributed by atoms with Gasteiger partial charge in [0.2, 0.25) is 5.91 Å². The van der Waals surface area contributed by atoms with Crippen molar-refractivity contribution in [2.75, 3.05) is 0 Å². The van der Waals surface area contributed by atoms with Crippen LogP contribution in [-0.4, -0.2) is 21.6 Å². The van der Waals surface area contributed by atoms with E-state index in [0.717, 1.165) is 11.3 Å². The SMILES string of the molecule is O=C(CCC(=O)N1Cc2cccnc2C1)c1ccccc1. The summed E-state index contributed by atoms with van der Waals surface area (Å²) in [5, 5.41) is 0. The largest absolute Gasteiger partial charge is 0.332 e. The van der Waals surface area contributed by atoms with Crippen molar-refractivity contribution >= 4 is 11.7 Å². The fraction of sp³-hybridized carbons (Fsp3) is 0.235. The van der Waals surface area contributed by atoms with Crippen molar-refractivity contribution in [2.24, 2.45) is 0 Å². The van der Waals surface area contributed by atoms with E-state index in [1.165, 1.54) is 0 Å². The Hall–Kier alpha value is -2.49. The van der Waals surface area contributed by atoms with Crippen LogP contribution in [0.5, 0.6) is 0 Å². The zero-order chi connectivity index (χ0) is 14.7. The van der Waals surface area contributed by atoms with Gasteiger partial charge in [-0.1, -0.05) is 36.4 Å². The minimum absolute atomic E-state index is 0.0114. The number of rotatable bonds is 4. The predicted molar refractivity (Wildman–Crippen MR) is 78.5 cm³/mol. The molecule has 106 valence electrons. The van der Waals surface area contributed by atoms with Gasteiger partial charge in [-0.05, 0) is 11.6 Å². The van der Waals surface area contributed by atoms with E-state index in [1.807, 2.05) is 30.3 Å². The van der Waals surface area contributed by atoms with Crippen LogP contribution in [0.4, 0.5) is 0 Å². The van der Waals surface area contributed by atoms with E-state index in [2.05, 4.69) is 4.98 Å². The minimum Gasteiger partial charge on any atom is -0.332 e. The van der Waals surface area contributed by atoms with Gasteiger partial charge < -0.3 is 4.90 Å². The zero-order valence-electron chi connectivity index (χ0n) is 11.7. The first kappa shape index (κ1) is 13.5. The third-order valence-corrected chi connectivity index (χ3v) is 3.70. The number of benzene rings is 1. The average molecular weight is 280 g/mol. The van der Waals surface area contributed by atoms with Crippen LogP contribution < -0.4 is 0 Å². The van der Waals surface area contributed by atoms with E-state index < -0.39 is 0 Å². The number of nitrogens with zero attached hydrogens (tertiary/aromatic N) is 2. The fourth-order valence-corrected chi connectivity index (χ4v) is 2.52. The number of carbonyl (C=O) groups is 2. The number of amides is 1. The van der Waals surface area contributed by atoms with Crippen LogP contribution in [0.1, 0.15) is 34.5 Å². The lowest BCUT2D eigenvalue weighted by Crippen LogP contribution is -2.25. The number of fused-ring (bicyclic) bond motifs is 1. The Labute approximate surface area is 123 Å². The average Bonchev–Trinajstić information content (AvgIpc) is 2.97. The van der Waals surface area contributed by atoms with E-state index >= 15 is 0 Å². The number of aromatic nitrogens is 1. The molecular formula is C17H16N2O2. The number of hydrogen-bond acceptors (Lipinski definition) is 3. The number of carbonyl (C=O) groups excluding carboxylic acids is 2. The molecule has 0 fully saturated rings. The summed E-state index contributed by atoms with van der Waals surface area (Å²) in [7, 11) is 0. The Kier molecular flexibility index (Phi) is 3.77. The van der Waals surface area contributed by atoms with Crippen LogP contribution in [0.3, 0.4) is 0 Å². The molecule has 0 bridgehead atoms. The van der Waals surface area contributed by atoms with E-state index in [-0.39, 0.29) is 24.5 Å². The maximum atomic E-state index is 12.2. The first-order valence-electron chi connectivity index (χ1n) is 7.03. The van der Waals surface area contributed by atoms with Crippen LogP contribution in [-0.2, 0) is 17.9 Å². The second-order valence-corrected chi connectivity index (χ2v) is 5.15. The van der Waals surface area contributed by atoms with Gasteiger partial charge in [-0.25, -0.2) is 0 Å². The van der Waals surface area contributed by atoms with Gasteiger partial charge in [-0.3, -0.25) is 14.6 Å². The lowest BCUT2D eigenvalue weighted by molar-refractivity contribution is -0.131. The normalized spacial score (nSPS) is 13.0. The highest BCUT2D eigenvalue weighted by Gasteiger charge is 2.24. The lowest BCUT2D eigenvalue weighted by Gasteiger charge is -2.14. The molecule has 1 aromatic heterocycles. The highest BCUT2D eigenvalue weighted by atomic mass is 16.2. The third-order valence-electron chi connectivity index (χ3n) is 3.70. The van der Waals surface area contributed by atoms with Crippen molar-refractivity contribution in [3.63, 3.8) is 0 Å². The molecule has 4 heteroatoms. The lowest BCUT2D eigenvalue weighted by atomic mass is 10.1. The molecule has 2 heterocycles. The standard InChI is InChI=1S/C17H16N2O2/c20-16(13-5-2-1-3-6-13)8-9-17(21)19-11-14-7-4-10-18-15(14)12-19/h1-7,10H,8-9,11-12H2. The van der Waals surface area contributed by atoms with Gasteiger partial charge in [-0.15, -0.1) is 0 Å². The van der Waals surface area contributed by atoms with Gasteiger partial charge >= 0.3 is 0 Å². The van der Waals surface area contributed by atoms with Crippen LogP contribution in [0, 0.1) is 0 Å². The van der Waals surface area contributed by atoms with Crippen molar-refractivity contribution in [2.45, 2.75) is 25.9 Å². The van der Waals surface area contributed by atoms with Crippen molar-refractivity contribution in [1.82, 2.24) is 9.88 Å². The van der Waals surface area contributed by atoms with Crippen LogP contribution >= 0.6 is 0 Å². The minimum atomic E-state index is 0.0114. The molecule has 21 heavy (non-hydrogen) atoms. The topological polar surface area (TPSA) is 50.3 Å². The Morgan fingerprint density at radius 2 is 1.81 bits per heavy atom. The highest BCUT2D eigenvalue weighted by Crippen LogP contribution is 2.21. The fourth-order valence-electron chi connectivity index (χ4n) is 2.52. The summed E-state index contributed by atoms with van der Waals surface area (Å²) in [5.74, 6) is 0.0241. The molecule has 0 saturated carbocycles. The highest BCUT2D eigenvalue weighted by molar-refractivity contribution is 5.97. The molecule has 1 amide bonds. The van der Waals surface area contributed by atoms with Crippen molar-refractivity contribution in [3.05, 3.63) is 65.5 Å². The summed E-state index contributed by atoms with van der Waals surface area (Å²) in [6.07, 6.45) is 2.25. The summed E-state index contributed by atoms with van der Waals surface area (Å²) in [6.45, 7) is 1.15. The molecule has 0 saturated heterocycles. The Bertz CT molecular complexity index is 643. The summed E-state index contributed by atoms with van der Waals surface area (Å²) in [5.41, 5.74) is 2.72. The van der Waals surface area contributed by atoms with Gasteiger partial charge in [-0.2, -0.15) is 0 Å².